The van der Waals surface area contributed by atoms with Gasteiger partial charge in [-0.3, -0.25) is 4.79 Å². The van der Waals surface area contributed by atoms with Gasteiger partial charge in [-0.15, -0.1) is 0 Å². The highest BCUT2D eigenvalue weighted by molar-refractivity contribution is 6.29. The fourth-order valence-electron chi connectivity index (χ4n) is 3.83. The van der Waals surface area contributed by atoms with Gasteiger partial charge in [0.2, 0.25) is 5.91 Å². The number of pyridine rings is 1. The summed E-state index contributed by atoms with van der Waals surface area (Å²) in [4.78, 5) is 19.9. The highest BCUT2D eigenvalue weighted by atomic mass is 35.5. The van der Waals surface area contributed by atoms with Crippen molar-refractivity contribution in [3.63, 3.8) is 0 Å². The molecule has 0 aliphatic carbocycles. The van der Waals surface area contributed by atoms with Crippen molar-refractivity contribution in [1.82, 2.24) is 15.2 Å². The molecule has 0 radical (unpaired) electrons. The summed E-state index contributed by atoms with van der Waals surface area (Å²) in [6.07, 6.45) is 7.61. The quantitative estimate of drug-likeness (QED) is 0.483. The molecule has 1 amide bonds. The number of carbonyl (C=O) groups is 1. The summed E-state index contributed by atoms with van der Waals surface area (Å²) in [6, 6.07) is 11.3. The third kappa shape index (κ3) is 6.67. The summed E-state index contributed by atoms with van der Waals surface area (Å²) in [7, 11) is 4.79. The maximum Gasteiger partial charge on any atom is 0.256 e. The van der Waals surface area contributed by atoms with Crippen LogP contribution in [-0.2, 0) is 17.6 Å². The number of methoxy groups -OCH3 is 3. The second-order valence-electron chi connectivity index (χ2n) is 8.05. The number of carbonyl (C=O) groups excluding carboxylic acids is 1. The van der Waals surface area contributed by atoms with Gasteiger partial charge in [0, 0.05) is 24.7 Å². The Morgan fingerprint density at radius 1 is 1.09 bits per heavy atom. The molecule has 0 saturated carbocycles. The molecular formula is C26H32ClN3O4. The minimum atomic E-state index is -0.501. The number of hydrogen-bond donors (Lipinski definition) is 1. The first-order valence-corrected chi connectivity index (χ1v) is 11.6. The lowest BCUT2D eigenvalue weighted by molar-refractivity contribution is -0.134. The number of amides is 1. The van der Waals surface area contributed by atoms with Crippen molar-refractivity contribution in [3.8, 4) is 17.4 Å². The van der Waals surface area contributed by atoms with E-state index in [1.807, 2.05) is 35.2 Å². The van der Waals surface area contributed by atoms with Crippen LogP contribution < -0.4 is 19.5 Å². The predicted octanol–water partition coefficient (Wildman–Crippen LogP) is 4.11. The first kappa shape index (κ1) is 25.4. The smallest absolute Gasteiger partial charge is 0.256 e. The normalized spacial score (nSPS) is 15.7. The Balaban J connectivity index is 1.72. The van der Waals surface area contributed by atoms with E-state index in [9.17, 15) is 4.79 Å². The molecule has 3 rings (SSSR count). The van der Waals surface area contributed by atoms with E-state index in [0.29, 0.717) is 29.8 Å². The molecule has 0 fully saturated rings. The van der Waals surface area contributed by atoms with Crippen LogP contribution in [0.2, 0.25) is 0 Å². The molecule has 1 aliphatic rings. The predicted molar refractivity (Wildman–Crippen MR) is 134 cm³/mol. The Labute approximate surface area is 206 Å². The van der Waals surface area contributed by atoms with Crippen molar-refractivity contribution in [3.05, 3.63) is 71.0 Å². The minimum Gasteiger partial charge on any atom is -0.497 e. The zero-order valence-corrected chi connectivity index (χ0v) is 20.8. The van der Waals surface area contributed by atoms with Gasteiger partial charge in [-0.2, -0.15) is 0 Å². The topological polar surface area (TPSA) is 72.9 Å². The van der Waals surface area contributed by atoms with Crippen molar-refractivity contribution < 1.29 is 19.0 Å². The Bertz CT molecular complexity index is 1020. The van der Waals surface area contributed by atoms with Crippen LogP contribution >= 0.6 is 11.6 Å². The van der Waals surface area contributed by atoms with Crippen LogP contribution in [-0.4, -0.2) is 55.7 Å². The summed E-state index contributed by atoms with van der Waals surface area (Å²) in [6.45, 7) is 2.59. The standard InChI is InChI=1S/C26H32ClN3O4/c1-18(8-9-19-10-13-21(32-2)14-11-19)30(26(31)22-6-5-7-24(27)29-22)17-16-20-12-15-23(33-3)25(28-20)34-4/h5-7,10-15,18,22,29H,8-9,16-17H2,1-4H3. The Hall–Kier alpha value is -3.19. The fourth-order valence-corrected chi connectivity index (χ4v) is 4.02. The van der Waals surface area contributed by atoms with Crippen LogP contribution in [0.3, 0.4) is 0 Å². The molecule has 182 valence electrons. The minimum absolute atomic E-state index is 0.00891. The third-order valence-electron chi connectivity index (χ3n) is 5.84. The van der Waals surface area contributed by atoms with Crippen LogP contribution in [0.5, 0.6) is 17.4 Å². The number of ether oxygens (including phenoxy) is 3. The molecule has 1 aliphatic heterocycles. The SMILES string of the molecule is COc1ccc(CCC(C)N(CCc2ccc(OC)c(OC)n2)C(=O)C2C=CC=C(Cl)N2)cc1. The van der Waals surface area contributed by atoms with Gasteiger partial charge in [-0.25, -0.2) is 4.98 Å². The Morgan fingerprint density at radius 2 is 1.85 bits per heavy atom. The summed E-state index contributed by atoms with van der Waals surface area (Å²) in [5.41, 5.74) is 2.02. The molecule has 1 aromatic heterocycles. The maximum atomic E-state index is 13.5. The van der Waals surface area contributed by atoms with Gasteiger partial charge in [0.15, 0.2) is 5.75 Å². The molecule has 2 aromatic rings. The number of allylic oxidation sites excluding steroid dienone is 2. The van der Waals surface area contributed by atoms with Gasteiger partial charge >= 0.3 is 0 Å². The largest absolute Gasteiger partial charge is 0.497 e. The van der Waals surface area contributed by atoms with E-state index in [-0.39, 0.29) is 11.9 Å². The van der Waals surface area contributed by atoms with Gasteiger partial charge in [-0.1, -0.05) is 35.9 Å². The Morgan fingerprint density at radius 3 is 2.50 bits per heavy atom. The van der Waals surface area contributed by atoms with E-state index in [1.54, 1.807) is 33.5 Å². The van der Waals surface area contributed by atoms with Crippen molar-refractivity contribution >= 4 is 17.5 Å². The average molecular weight is 486 g/mol. The summed E-state index contributed by atoms with van der Waals surface area (Å²) < 4.78 is 15.8. The first-order chi connectivity index (χ1) is 16.4. The lowest BCUT2D eigenvalue weighted by Crippen LogP contribution is -2.49. The molecule has 0 bridgehead atoms. The van der Waals surface area contributed by atoms with E-state index >= 15 is 0 Å². The number of dihydropyridines is 1. The second kappa shape index (κ2) is 12.3. The van der Waals surface area contributed by atoms with Crippen LogP contribution in [0, 0.1) is 0 Å². The molecule has 8 heteroatoms. The average Bonchev–Trinajstić information content (AvgIpc) is 2.87. The number of aryl methyl sites for hydroxylation is 1. The maximum absolute atomic E-state index is 13.5. The summed E-state index contributed by atoms with van der Waals surface area (Å²) >= 11 is 6.12. The molecule has 1 aromatic carbocycles. The summed E-state index contributed by atoms with van der Waals surface area (Å²) in [5, 5.41) is 3.50. The third-order valence-corrected chi connectivity index (χ3v) is 6.07. The number of nitrogens with one attached hydrogen (secondary N) is 1. The number of benzene rings is 1. The van der Waals surface area contributed by atoms with Crippen molar-refractivity contribution in [2.45, 2.75) is 38.3 Å². The van der Waals surface area contributed by atoms with Gasteiger partial charge in [0.25, 0.3) is 5.88 Å². The zero-order valence-electron chi connectivity index (χ0n) is 20.1. The molecule has 2 heterocycles. The second-order valence-corrected chi connectivity index (χ2v) is 8.46. The van der Waals surface area contributed by atoms with E-state index in [2.05, 4.69) is 29.4 Å². The number of aromatic nitrogens is 1. The van der Waals surface area contributed by atoms with E-state index in [4.69, 9.17) is 25.8 Å². The first-order valence-electron chi connectivity index (χ1n) is 11.3. The van der Waals surface area contributed by atoms with Crippen LogP contribution in [0.15, 0.2) is 59.8 Å². The molecular weight excluding hydrogens is 454 g/mol. The van der Waals surface area contributed by atoms with E-state index in [0.717, 1.165) is 24.3 Å². The van der Waals surface area contributed by atoms with Crippen molar-refractivity contribution in [1.29, 1.82) is 0 Å². The number of hydrogen-bond acceptors (Lipinski definition) is 6. The number of rotatable bonds is 11. The van der Waals surface area contributed by atoms with Crippen LogP contribution in [0.25, 0.3) is 0 Å². The van der Waals surface area contributed by atoms with Crippen LogP contribution in [0.4, 0.5) is 0 Å². The lowest BCUT2D eigenvalue weighted by atomic mass is 10.0. The summed E-state index contributed by atoms with van der Waals surface area (Å²) in [5.74, 6) is 1.81. The van der Waals surface area contributed by atoms with E-state index < -0.39 is 6.04 Å². The van der Waals surface area contributed by atoms with Gasteiger partial charge in [0.1, 0.15) is 16.9 Å². The van der Waals surface area contributed by atoms with Gasteiger partial charge < -0.3 is 24.4 Å². The van der Waals surface area contributed by atoms with Gasteiger partial charge in [-0.05, 0) is 55.7 Å². The van der Waals surface area contributed by atoms with E-state index in [1.165, 1.54) is 5.56 Å². The number of halogens is 1. The lowest BCUT2D eigenvalue weighted by Gasteiger charge is -2.33. The molecule has 0 spiro atoms. The Kier molecular flexibility index (Phi) is 9.22. The molecule has 2 unspecified atom stereocenters. The highest BCUT2D eigenvalue weighted by Gasteiger charge is 2.27. The van der Waals surface area contributed by atoms with Gasteiger partial charge in [0.05, 0.1) is 21.3 Å². The fraction of sp³-hybridized carbons (Fsp3) is 0.385. The van der Waals surface area contributed by atoms with Crippen molar-refractivity contribution in [2.75, 3.05) is 27.9 Å². The zero-order chi connectivity index (χ0) is 24.5. The highest BCUT2D eigenvalue weighted by Crippen LogP contribution is 2.24. The molecule has 7 nitrogen and oxygen atoms in total. The van der Waals surface area contributed by atoms with Crippen molar-refractivity contribution in [2.24, 2.45) is 0 Å². The monoisotopic (exact) mass is 485 g/mol. The van der Waals surface area contributed by atoms with Crippen LogP contribution in [0.1, 0.15) is 24.6 Å². The number of nitrogens with zero attached hydrogens (tertiary/aromatic N) is 2. The molecule has 1 N–H and O–H groups in total. The molecule has 0 saturated heterocycles. The molecule has 34 heavy (non-hydrogen) atoms. The molecule has 2 atom stereocenters.